The monoisotopic (exact) mass is 209 g/mol. The van der Waals surface area contributed by atoms with Gasteiger partial charge in [0.05, 0.1) is 18.2 Å². The van der Waals surface area contributed by atoms with E-state index in [2.05, 4.69) is 15.6 Å². The minimum atomic E-state index is 0.0715. The maximum absolute atomic E-state index is 11.5. The van der Waals surface area contributed by atoms with Crippen LogP contribution in [0, 0.1) is 19.8 Å². The quantitative estimate of drug-likeness (QED) is 0.742. The van der Waals surface area contributed by atoms with E-state index in [1.54, 1.807) is 0 Å². The minimum Gasteiger partial charge on any atom is -0.444 e. The molecular formula is C10H15N3O2. The van der Waals surface area contributed by atoms with Gasteiger partial charge in [-0.1, -0.05) is 0 Å². The van der Waals surface area contributed by atoms with Crippen LogP contribution in [-0.2, 0) is 11.3 Å². The van der Waals surface area contributed by atoms with E-state index in [1.807, 2.05) is 13.8 Å². The molecule has 0 aromatic carbocycles. The van der Waals surface area contributed by atoms with Crippen molar-refractivity contribution in [3.63, 3.8) is 0 Å². The zero-order valence-corrected chi connectivity index (χ0v) is 8.96. The highest BCUT2D eigenvalue weighted by Gasteiger charge is 2.24. The van der Waals surface area contributed by atoms with E-state index in [0.29, 0.717) is 12.4 Å². The van der Waals surface area contributed by atoms with E-state index in [0.717, 1.165) is 24.5 Å². The zero-order valence-electron chi connectivity index (χ0n) is 8.96. The summed E-state index contributed by atoms with van der Waals surface area (Å²) >= 11 is 0. The average Bonchev–Trinajstić information content (AvgIpc) is 2.40. The van der Waals surface area contributed by atoms with Crippen LogP contribution in [0.2, 0.25) is 0 Å². The lowest BCUT2D eigenvalue weighted by Gasteiger charge is -2.25. The number of nitrogens with zero attached hydrogens (tertiary/aromatic N) is 1. The third-order valence-corrected chi connectivity index (χ3v) is 2.64. The summed E-state index contributed by atoms with van der Waals surface area (Å²) in [6.45, 7) is 5.68. The Morgan fingerprint density at radius 3 is 2.80 bits per heavy atom. The SMILES string of the molecule is Cc1nc(CNC(=O)C2CNC2)oc1C. The molecule has 15 heavy (non-hydrogen) atoms. The van der Waals surface area contributed by atoms with Crippen molar-refractivity contribution >= 4 is 5.91 Å². The molecule has 5 nitrogen and oxygen atoms in total. The first-order valence-corrected chi connectivity index (χ1v) is 5.08. The molecule has 82 valence electrons. The maximum atomic E-state index is 11.5. The number of nitrogens with one attached hydrogen (secondary N) is 2. The summed E-state index contributed by atoms with van der Waals surface area (Å²) in [4.78, 5) is 15.7. The van der Waals surface area contributed by atoms with Crippen LogP contribution in [0.15, 0.2) is 4.42 Å². The van der Waals surface area contributed by atoms with Crippen molar-refractivity contribution in [2.45, 2.75) is 20.4 Å². The van der Waals surface area contributed by atoms with Crippen LogP contribution in [0.1, 0.15) is 17.3 Å². The number of aryl methyl sites for hydroxylation is 2. The number of aromatic nitrogens is 1. The van der Waals surface area contributed by atoms with E-state index in [1.165, 1.54) is 0 Å². The van der Waals surface area contributed by atoms with Crippen molar-refractivity contribution < 1.29 is 9.21 Å². The van der Waals surface area contributed by atoms with Crippen LogP contribution in [0.4, 0.5) is 0 Å². The Morgan fingerprint density at radius 2 is 2.33 bits per heavy atom. The molecule has 1 aromatic rings. The largest absolute Gasteiger partial charge is 0.444 e. The van der Waals surface area contributed by atoms with Crippen molar-refractivity contribution in [2.24, 2.45) is 5.92 Å². The predicted octanol–water partition coefficient (Wildman–Crippen LogP) is 0.127. The van der Waals surface area contributed by atoms with E-state index < -0.39 is 0 Å². The van der Waals surface area contributed by atoms with Gasteiger partial charge in [-0.25, -0.2) is 4.98 Å². The Kier molecular flexibility index (Phi) is 2.73. The highest BCUT2D eigenvalue weighted by Crippen LogP contribution is 2.08. The van der Waals surface area contributed by atoms with Gasteiger partial charge in [0.15, 0.2) is 0 Å². The van der Waals surface area contributed by atoms with Gasteiger partial charge in [-0.3, -0.25) is 4.79 Å². The van der Waals surface area contributed by atoms with Gasteiger partial charge in [-0.05, 0) is 13.8 Å². The van der Waals surface area contributed by atoms with Crippen LogP contribution < -0.4 is 10.6 Å². The standard InChI is InChI=1S/C10H15N3O2/c1-6-7(2)15-9(13-6)5-12-10(14)8-3-11-4-8/h8,11H,3-5H2,1-2H3,(H,12,14). The van der Waals surface area contributed by atoms with E-state index in [-0.39, 0.29) is 11.8 Å². The fraction of sp³-hybridized carbons (Fsp3) is 0.600. The maximum Gasteiger partial charge on any atom is 0.226 e. The first kappa shape index (κ1) is 10.2. The molecule has 2 rings (SSSR count). The lowest BCUT2D eigenvalue weighted by molar-refractivity contribution is -0.126. The minimum absolute atomic E-state index is 0.0715. The van der Waals surface area contributed by atoms with Gasteiger partial charge in [0, 0.05) is 13.1 Å². The first-order valence-electron chi connectivity index (χ1n) is 5.08. The number of oxazole rings is 1. The van der Waals surface area contributed by atoms with E-state index >= 15 is 0 Å². The molecule has 0 atom stereocenters. The third-order valence-electron chi connectivity index (χ3n) is 2.64. The molecule has 2 heterocycles. The fourth-order valence-electron chi connectivity index (χ4n) is 1.40. The van der Waals surface area contributed by atoms with E-state index in [4.69, 9.17) is 4.42 Å². The second-order valence-electron chi connectivity index (χ2n) is 3.82. The Balaban J connectivity index is 1.84. The summed E-state index contributed by atoms with van der Waals surface area (Å²) in [5.41, 5.74) is 0.879. The molecule has 5 heteroatoms. The molecule has 0 radical (unpaired) electrons. The molecule has 1 saturated heterocycles. The van der Waals surface area contributed by atoms with Gasteiger partial charge in [-0.15, -0.1) is 0 Å². The van der Waals surface area contributed by atoms with Crippen molar-refractivity contribution in [2.75, 3.05) is 13.1 Å². The second-order valence-corrected chi connectivity index (χ2v) is 3.82. The summed E-state index contributed by atoms with van der Waals surface area (Å²) in [6, 6.07) is 0. The van der Waals surface area contributed by atoms with Crippen molar-refractivity contribution in [1.29, 1.82) is 0 Å². The van der Waals surface area contributed by atoms with Gasteiger partial charge in [0.25, 0.3) is 0 Å². The summed E-state index contributed by atoms with van der Waals surface area (Å²) in [6.07, 6.45) is 0. The summed E-state index contributed by atoms with van der Waals surface area (Å²) in [5, 5.41) is 5.86. The number of amides is 1. The Bertz CT molecular complexity index is 349. The van der Waals surface area contributed by atoms with Gasteiger partial charge < -0.3 is 15.1 Å². The molecule has 1 aliphatic rings. The molecule has 1 aliphatic heterocycles. The molecule has 0 saturated carbocycles. The highest BCUT2D eigenvalue weighted by molar-refractivity contribution is 5.79. The number of rotatable bonds is 3. The summed E-state index contributed by atoms with van der Waals surface area (Å²) in [5.74, 6) is 1.57. The molecule has 2 N–H and O–H groups in total. The molecule has 1 amide bonds. The Labute approximate surface area is 88.3 Å². The molecule has 1 fully saturated rings. The summed E-state index contributed by atoms with van der Waals surface area (Å²) in [7, 11) is 0. The predicted molar refractivity (Wildman–Crippen MR) is 54.2 cm³/mol. The first-order chi connectivity index (χ1) is 7.16. The molecule has 0 bridgehead atoms. The van der Waals surface area contributed by atoms with Crippen LogP contribution in [-0.4, -0.2) is 24.0 Å². The topological polar surface area (TPSA) is 67.2 Å². The summed E-state index contributed by atoms with van der Waals surface area (Å²) < 4.78 is 5.35. The molecule has 0 unspecified atom stereocenters. The fourth-order valence-corrected chi connectivity index (χ4v) is 1.40. The van der Waals surface area contributed by atoms with E-state index in [9.17, 15) is 4.79 Å². The number of hydrogen-bond donors (Lipinski definition) is 2. The molecule has 0 aliphatic carbocycles. The highest BCUT2D eigenvalue weighted by atomic mass is 16.4. The van der Waals surface area contributed by atoms with Gasteiger partial charge in [0.1, 0.15) is 5.76 Å². The van der Waals surface area contributed by atoms with Crippen molar-refractivity contribution in [1.82, 2.24) is 15.6 Å². The van der Waals surface area contributed by atoms with Gasteiger partial charge >= 0.3 is 0 Å². The van der Waals surface area contributed by atoms with Crippen LogP contribution in [0.25, 0.3) is 0 Å². The van der Waals surface area contributed by atoms with Gasteiger partial charge in [0.2, 0.25) is 11.8 Å². The lowest BCUT2D eigenvalue weighted by atomic mass is 10.0. The smallest absolute Gasteiger partial charge is 0.226 e. The van der Waals surface area contributed by atoms with Crippen LogP contribution in [0.3, 0.4) is 0 Å². The average molecular weight is 209 g/mol. The van der Waals surface area contributed by atoms with Crippen LogP contribution >= 0.6 is 0 Å². The molecular weight excluding hydrogens is 194 g/mol. The number of carbonyl (C=O) groups excluding carboxylic acids is 1. The normalized spacial score (nSPS) is 16.1. The number of carbonyl (C=O) groups is 1. The Morgan fingerprint density at radius 1 is 1.60 bits per heavy atom. The van der Waals surface area contributed by atoms with Crippen LogP contribution in [0.5, 0.6) is 0 Å². The Hall–Kier alpha value is -1.36. The lowest BCUT2D eigenvalue weighted by Crippen LogP contribution is -2.50. The number of hydrogen-bond acceptors (Lipinski definition) is 4. The van der Waals surface area contributed by atoms with Gasteiger partial charge in [-0.2, -0.15) is 0 Å². The molecule has 1 aromatic heterocycles. The third kappa shape index (κ3) is 2.18. The zero-order chi connectivity index (χ0) is 10.8. The van der Waals surface area contributed by atoms with Crippen molar-refractivity contribution in [3.05, 3.63) is 17.3 Å². The second kappa shape index (κ2) is 4.02. The molecule has 0 spiro atoms. The van der Waals surface area contributed by atoms with Crippen molar-refractivity contribution in [3.8, 4) is 0 Å².